The van der Waals surface area contributed by atoms with E-state index in [1.54, 1.807) is 31.2 Å². The Balaban J connectivity index is 0.849. The molecule has 4 aromatic rings. The van der Waals surface area contributed by atoms with Crippen LogP contribution in [0.5, 0.6) is 0 Å². The lowest BCUT2D eigenvalue weighted by molar-refractivity contribution is -0.147. The van der Waals surface area contributed by atoms with Crippen LogP contribution in [0.3, 0.4) is 0 Å². The third kappa shape index (κ3) is 18.6. The molecule has 32 nitrogen and oxygen atoms in total. The minimum atomic E-state index is -1.60. The highest BCUT2D eigenvalue weighted by molar-refractivity contribution is 6.63. The van der Waals surface area contributed by atoms with E-state index >= 15 is 0 Å². The average Bonchev–Trinajstić information content (AvgIpc) is 1.68. The number of aliphatic hydroxyl groups is 1. The van der Waals surface area contributed by atoms with Crippen molar-refractivity contribution in [1.82, 2.24) is 52.8 Å². The fraction of sp³-hybridized carbons (Fsp3) is 0.435. The molecule has 1 fully saturated rings. The summed E-state index contributed by atoms with van der Waals surface area (Å²) in [6.45, 7) is 1.78. The number of amides is 10. The molecule has 4 aromatic carbocycles. The Kier molecular flexibility index (Phi) is 25.3. The molecule has 36 heteroatoms. The highest BCUT2D eigenvalue weighted by Gasteiger charge is 2.40. The molecule has 0 bridgehead atoms. The van der Waals surface area contributed by atoms with Crippen molar-refractivity contribution >= 4 is 115 Å². The van der Waals surface area contributed by atoms with E-state index in [1.165, 1.54) is 60.4 Å². The minimum Gasteiger partial charge on any atom is -0.480 e. The Morgan fingerprint density at radius 1 is 0.551 bits per heavy atom. The number of rotatable bonds is 32. The number of benzene rings is 4. The van der Waals surface area contributed by atoms with Gasteiger partial charge >= 0.3 is 34.4 Å². The number of carboxylic acids is 1. The molecule has 5 aliphatic heterocycles. The topological polar surface area (TPSA) is 467 Å². The van der Waals surface area contributed by atoms with Gasteiger partial charge in [-0.15, -0.1) is 0 Å². The van der Waals surface area contributed by atoms with Crippen molar-refractivity contribution in [2.45, 2.75) is 115 Å². The summed E-state index contributed by atoms with van der Waals surface area (Å²) < 4.78 is 26.7. The maximum absolute atomic E-state index is 14.6. The molecule has 518 valence electrons. The van der Waals surface area contributed by atoms with Gasteiger partial charge in [-0.05, 0) is 132 Å². The Labute approximate surface area is 563 Å². The first kappa shape index (κ1) is 73.2. The van der Waals surface area contributed by atoms with Crippen LogP contribution in [0.15, 0.2) is 72.8 Å². The van der Waals surface area contributed by atoms with E-state index in [0.717, 1.165) is 0 Å². The van der Waals surface area contributed by atoms with Gasteiger partial charge in [-0.1, -0.05) is 31.2 Å². The maximum atomic E-state index is 14.6. The first-order valence-electron chi connectivity index (χ1n) is 32.1. The molecule has 5 heterocycles. The van der Waals surface area contributed by atoms with Crippen molar-refractivity contribution in [2.24, 2.45) is 5.92 Å². The number of aliphatic hydroxyl groups excluding tert-OH is 1. The summed E-state index contributed by atoms with van der Waals surface area (Å²) in [6.07, 6.45) is -0.825. The van der Waals surface area contributed by atoms with Crippen LogP contribution in [0.1, 0.15) is 116 Å². The summed E-state index contributed by atoms with van der Waals surface area (Å²) in [5, 5.41) is 84.2. The van der Waals surface area contributed by atoms with Crippen molar-refractivity contribution in [1.29, 1.82) is 0 Å². The smallest absolute Gasteiger partial charge is 0.480 e. The number of carbonyl (C=O) groups is 11. The maximum Gasteiger partial charge on any atom is 0.491 e. The normalized spacial score (nSPS) is 16.8. The van der Waals surface area contributed by atoms with Crippen LogP contribution in [0.2, 0.25) is 0 Å². The van der Waals surface area contributed by atoms with Crippen molar-refractivity contribution < 1.29 is 106 Å². The van der Waals surface area contributed by atoms with Crippen LogP contribution in [0, 0.1) is 5.92 Å². The van der Waals surface area contributed by atoms with Gasteiger partial charge in [0.1, 0.15) is 24.2 Å². The molecule has 0 aliphatic carbocycles. The second-order valence-electron chi connectivity index (χ2n) is 24.1. The van der Waals surface area contributed by atoms with Crippen molar-refractivity contribution in [3.8, 4) is 0 Å². The van der Waals surface area contributed by atoms with Gasteiger partial charge in [-0.2, -0.15) is 0 Å². The van der Waals surface area contributed by atoms with E-state index in [1.807, 2.05) is 0 Å². The molecule has 0 saturated carbocycles. The molecule has 9 rings (SSSR count). The Morgan fingerprint density at radius 3 is 1.46 bits per heavy atom. The SMILES string of the molecule is CC[C@@H](CNC(=O)CCOCCNC(=O)[C@H](CCCNC(=O)[C@@H](CNC(=O)c1ccc2c(c1)B(O)OC2)NC(=O)c1ccc2c(c1)B(O)OC2)NC(=O)[C@@H](CNC(=O)c1ccc2c(c1)B(O)OC2)NC(=O)c1ccc2c(c1)B(O)OC2)C(=O)N1CCC[C@H]1C(=O)N[C@H](C(=O)O)[C@@H](C)O. The fourth-order valence-electron chi connectivity index (χ4n) is 11.6. The number of hydrogen-bond donors (Lipinski definition) is 15. The quantitative estimate of drug-likeness (QED) is 0.0160. The molecular weight excluding hydrogens is 1280 g/mol. The standard InChI is InChI=1S/C62H76B4N10O22/c1-3-34(61(87)76-19-5-7-50(76)60(86)75-52(33(2)77)62(88)89)26-69-51(78)16-20-94-21-18-68-57(83)47(72-59(85)49(74-56(82)38-11-15-42-32-98-66(93)46(42)25-38)28-71-54(80)36-9-13-40-30-96-64(91)44(40)23-36)6-4-17-67-58(84)48(73-55(81)37-10-14-41-31-97-65(92)45(41)24-37)27-70-53(79)35-8-12-39-29-95-63(90)43(39)22-35/h8-15,22-25,33-34,47-50,52,77,90-93H,3-7,16-21,26-32H2,1-2H3,(H,67,84)(H,68,83)(H,69,78)(H,70,79)(H,71,80)(H,72,85)(H,73,81)(H,74,82)(H,75,86)(H,88,89)/t33-,34+,47+,48-,49-,50+,52+/m1/s1. The highest BCUT2D eigenvalue weighted by Crippen LogP contribution is 2.23. The van der Waals surface area contributed by atoms with Crippen LogP contribution in [0.25, 0.3) is 0 Å². The van der Waals surface area contributed by atoms with Gasteiger partial charge in [0.15, 0.2) is 6.04 Å². The van der Waals surface area contributed by atoms with Gasteiger partial charge in [0.05, 0.1) is 51.7 Å². The molecule has 15 N–H and O–H groups in total. The summed E-state index contributed by atoms with van der Waals surface area (Å²) in [5.41, 5.74) is 4.23. The van der Waals surface area contributed by atoms with Gasteiger partial charge in [0, 0.05) is 67.9 Å². The van der Waals surface area contributed by atoms with Gasteiger partial charge in [0.25, 0.3) is 23.6 Å². The number of ether oxygens (including phenoxy) is 1. The van der Waals surface area contributed by atoms with Gasteiger partial charge in [-0.3, -0.25) is 47.9 Å². The second kappa shape index (κ2) is 33.9. The van der Waals surface area contributed by atoms with Gasteiger partial charge in [-0.25, -0.2) is 4.79 Å². The van der Waals surface area contributed by atoms with E-state index in [-0.39, 0.29) is 120 Å². The number of likely N-dealkylation sites (tertiary alicyclic amines) is 1. The molecular formula is C62H76B4N10O22. The number of hydrogen-bond acceptors (Lipinski definition) is 21. The van der Waals surface area contributed by atoms with Crippen LogP contribution >= 0.6 is 0 Å². The van der Waals surface area contributed by atoms with Gasteiger partial charge in [0.2, 0.25) is 35.4 Å². The molecule has 0 radical (unpaired) electrons. The van der Waals surface area contributed by atoms with Crippen molar-refractivity contribution in [2.75, 3.05) is 52.5 Å². The lowest BCUT2D eigenvalue weighted by Crippen LogP contribution is -2.57. The van der Waals surface area contributed by atoms with E-state index in [9.17, 15) is 83.0 Å². The molecule has 1 saturated heterocycles. The Bertz CT molecular complexity index is 3690. The third-order valence-corrected chi connectivity index (χ3v) is 17.4. The Morgan fingerprint density at radius 2 is 1.00 bits per heavy atom. The average molecular weight is 1360 g/mol. The number of carbonyl (C=O) groups excluding carboxylic acids is 10. The van der Waals surface area contributed by atoms with Gasteiger partial charge < -0.3 is 106 Å². The zero-order valence-corrected chi connectivity index (χ0v) is 53.7. The number of carboxylic acid groups (broad SMARTS) is 1. The number of nitrogens with zero attached hydrogens (tertiary/aromatic N) is 1. The predicted octanol–water partition coefficient (Wildman–Crippen LogP) is -6.70. The molecule has 98 heavy (non-hydrogen) atoms. The van der Waals surface area contributed by atoms with Crippen LogP contribution < -0.4 is 69.7 Å². The van der Waals surface area contributed by atoms with Crippen molar-refractivity contribution in [3.63, 3.8) is 0 Å². The molecule has 10 amide bonds. The van der Waals surface area contributed by atoms with E-state index in [2.05, 4.69) is 47.9 Å². The van der Waals surface area contributed by atoms with E-state index < -0.39 is 149 Å². The summed E-state index contributed by atoms with van der Waals surface area (Å²) in [6, 6.07) is 10.8. The number of fused-ring (bicyclic) bond motifs is 4. The van der Waals surface area contributed by atoms with Crippen LogP contribution in [-0.2, 0) is 83.3 Å². The number of nitrogens with one attached hydrogen (secondary N) is 9. The first-order valence-corrected chi connectivity index (χ1v) is 32.1. The van der Waals surface area contributed by atoms with E-state index in [4.69, 9.17) is 23.4 Å². The number of aliphatic carboxylic acids is 1. The highest BCUT2D eigenvalue weighted by atomic mass is 16.5. The van der Waals surface area contributed by atoms with E-state index in [0.29, 0.717) is 50.5 Å². The molecule has 0 unspecified atom stereocenters. The monoisotopic (exact) mass is 1360 g/mol. The predicted molar refractivity (Wildman–Crippen MR) is 348 cm³/mol. The Hall–Kier alpha value is -9.09. The lowest BCUT2D eigenvalue weighted by atomic mass is 9.78. The minimum absolute atomic E-state index is 0.00403. The summed E-state index contributed by atoms with van der Waals surface area (Å²) in [4.78, 5) is 151. The summed E-state index contributed by atoms with van der Waals surface area (Å²) in [7, 11) is -5.16. The second-order valence-corrected chi connectivity index (χ2v) is 24.1. The fourth-order valence-corrected chi connectivity index (χ4v) is 11.6. The third-order valence-electron chi connectivity index (χ3n) is 17.4. The molecule has 0 aromatic heterocycles. The largest absolute Gasteiger partial charge is 0.491 e. The lowest BCUT2D eigenvalue weighted by Gasteiger charge is -2.29. The molecule has 7 atom stereocenters. The zero-order valence-electron chi connectivity index (χ0n) is 53.7. The van der Waals surface area contributed by atoms with Crippen LogP contribution in [0.4, 0.5) is 0 Å². The summed E-state index contributed by atoms with van der Waals surface area (Å²) in [5.74, 6) is -9.32. The zero-order chi connectivity index (χ0) is 70.3. The first-order chi connectivity index (χ1) is 47.0. The van der Waals surface area contributed by atoms with Crippen molar-refractivity contribution in [3.05, 3.63) is 117 Å². The van der Waals surface area contributed by atoms with Crippen LogP contribution in [-0.4, -0.2) is 218 Å². The summed E-state index contributed by atoms with van der Waals surface area (Å²) >= 11 is 0. The molecule has 0 spiro atoms. The molecule has 5 aliphatic rings.